The number of benzene rings is 2. The van der Waals surface area contributed by atoms with E-state index in [0.29, 0.717) is 28.8 Å². The third kappa shape index (κ3) is 5.48. The van der Waals surface area contributed by atoms with Gasteiger partial charge >= 0.3 is 5.97 Å². The van der Waals surface area contributed by atoms with Crippen LogP contribution in [0.1, 0.15) is 66.0 Å². The number of phenols is 1. The summed E-state index contributed by atoms with van der Waals surface area (Å²) in [5.74, 6) is 0.235. The SMILES string of the molecule is CC1=Nn2nc(C(C)CNC(=O)c3ccccc3C(=O)OCC(C)C)nc2C1=Nc1ccc(O)cc1. The quantitative estimate of drug-likeness (QED) is 0.465. The monoisotopic (exact) mass is 488 g/mol. The van der Waals surface area contributed by atoms with Crippen LogP contribution in [0.15, 0.2) is 58.6 Å². The van der Waals surface area contributed by atoms with Crippen molar-refractivity contribution in [3.8, 4) is 5.75 Å². The van der Waals surface area contributed by atoms with Crippen LogP contribution in [-0.4, -0.2) is 56.4 Å². The molecule has 186 valence electrons. The summed E-state index contributed by atoms with van der Waals surface area (Å²) in [6.45, 7) is 8.14. The van der Waals surface area contributed by atoms with Gasteiger partial charge in [-0.2, -0.15) is 5.10 Å². The largest absolute Gasteiger partial charge is 0.508 e. The van der Waals surface area contributed by atoms with E-state index in [1.165, 1.54) is 4.79 Å². The number of amides is 1. The summed E-state index contributed by atoms with van der Waals surface area (Å²) in [5, 5.41) is 21.2. The van der Waals surface area contributed by atoms with Crippen LogP contribution in [0, 0.1) is 5.92 Å². The normalized spacial score (nSPS) is 14.5. The Hall–Kier alpha value is -4.34. The van der Waals surface area contributed by atoms with Gasteiger partial charge in [-0.15, -0.1) is 9.89 Å². The van der Waals surface area contributed by atoms with Crippen LogP contribution in [-0.2, 0) is 4.74 Å². The highest BCUT2D eigenvalue weighted by Crippen LogP contribution is 2.21. The second kappa shape index (κ2) is 10.5. The van der Waals surface area contributed by atoms with Crippen molar-refractivity contribution in [3.05, 3.63) is 71.3 Å². The summed E-state index contributed by atoms with van der Waals surface area (Å²) in [6.07, 6.45) is 0. The van der Waals surface area contributed by atoms with Crippen LogP contribution in [0.25, 0.3) is 0 Å². The van der Waals surface area contributed by atoms with E-state index in [-0.39, 0.29) is 47.8 Å². The number of ether oxygens (including phenoxy) is 1. The number of aliphatic imine (C=N–C) groups is 1. The fourth-order valence-corrected chi connectivity index (χ4v) is 3.50. The number of aromatic hydroxyl groups is 1. The maximum atomic E-state index is 12.9. The van der Waals surface area contributed by atoms with Crippen molar-refractivity contribution in [2.24, 2.45) is 16.0 Å². The molecule has 0 spiro atoms. The Bertz CT molecular complexity index is 1340. The Labute approximate surface area is 208 Å². The molecule has 10 nitrogen and oxygen atoms in total. The van der Waals surface area contributed by atoms with Crippen LogP contribution >= 0.6 is 0 Å². The average molecular weight is 489 g/mol. The lowest BCUT2D eigenvalue weighted by atomic mass is 10.1. The van der Waals surface area contributed by atoms with Gasteiger partial charge in [-0.25, -0.2) is 14.8 Å². The maximum Gasteiger partial charge on any atom is 0.338 e. The topological polar surface area (TPSA) is 131 Å². The lowest BCUT2D eigenvalue weighted by Gasteiger charge is -2.13. The fraction of sp³-hybridized carbons (Fsp3) is 0.308. The number of hydrogen-bond acceptors (Lipinski definition) is 8. The second-order valence-electron chi connectivity index (χ2n) is 8.99. The summed E-state index contributed by atoms with van der Waals surface area (Å²) in [4.78, 5) is 36.0. The Morgan fingerprint density at radius 3 is 2.47 bits per heavy atom. The second-order valence-corrected chi connectivity index (χ2v) is 8.99. The van der Waals surface area contributed by atoms with E-state index in [9.17, 15) is 14.7 Å². The van der Waals surface area contributed by atoms with Gasteiger partial charge in [0.2, 0.25) is 5.82 Å². The summed E-state index contributed by atoms with van der Waals surface area (Å²) >= 11 is 0. The zero-order valence-corrected chi connectivity index (χ0v) is 20.6. The summed E-state index contributed by atoms with van der Waals surface area (Å²) in [5.41, 5.74) is 2.39. The number of fused-ring (bicyclic) bond motifs is 1. The number of aromatic nitrogens is 3. The van der Waals surface area contributed by atoms with Gasteiger partial charge in [-0.1, -0.05) is 32.9 Å². The van der Waals surface area contributed by atoms with Crippen molar-refractivity contribution >= 4 is 29.0 Å². The Morgan fingerprint density at radius 1 is 1.08 bits per heavy atom. The molecule has 0 saturated heterocycles. The van der Waals surface area contributed by atoms with Crippen LogP contribution < -0.4 is 5.32 Å². The van der Waals surface area contributed by atoms with Crippen molar-refractivity contribution < 1.29 is 19.4 Å². The smallest absolute Gasteiger partial charge is 0.338 e. The fourth-order valence-electron chi connectivity index (χ4n) is 3.50. The zero-order valence-electron chi connectivity index (χ0n) is 20.6. The van der Waals surface area contributed by atoms with Crippen LogP contribution in [0.4, 0.5) is 5.69 Å². The molecule has 0 aliphatic carbocycles. The van der Waals surface area contributed by atoms with E-state index in [1.54, 1.807) is 48.5 Å². The van der Waals surface area contributed by atoms with Gasteiger partial charge in [0.25, 0.3) is 5.91 Å². The van der Waals surface area contributed by atoms with Gasteiger partial charge in [0, 0.05) is 12.5 Å². The summed E-state index contributed by atoms with van der Waals surface area (Å²) < 4.78 is 5.30. The minimum atomic E-state index is -0.525. The van der Waals surface area contributed by atoms with E-state index in [4.69, 9.17) is 4.74 Å². The third-order valence-corrected chi connectivity index (χ3v) is 5.45. The van der Waals surface area contributed by atoms with Crippen molar-refractivity contribution in [2.45, 2.75) is 33.6 Å². The molecule has 0 fully saturated rings. The molecule has 0 bridgehead atoms. The number of carbonyl (C=O) groups excluding carboxylic acids is 2. The number of rotatable bonds is 8. The molecule has 3 aromatic rings. The van der Waals surface area contributed by atoms with E-state index < -0.39 is 5.97 Å². The van der Waals surface area contributed by atoms with Crippen LogP contribution in [0.5, 0.6) is 5.75 Å². The molecule has 1 unspecified atom stereocenters. The highest BCUT2D eigenvalue weighted by molar-refractivity contribution is 6.48. The molecule has 0 radical (unpaired) electrons. The molecule has 36 heavy (non-hydrogen) atoms. The lowest BCUT2D eigenvalue weighted by Crippen LogP contribution is -2.29. The molecule has 0 saturated carbocycles. The summed E-state index contributed by atoms with van der Waals surface area (Å²) in [7, 11) is 0. The number of phenolic OH excluding ortho intramolecular Hbond substituents is 1. The number of esters is 1. The van der Waals surface area contributed by atoms with Gasteiger partial charge in [0.15, 0.2) is 5.82 Å². The molecular weight excluding hydrogens is 460 g/mol. The Morgan fingerprint density at radius 2 is 1.78 bits per heavy atom. The summed E-state index contributed by atoms with van der Waals surface area (Å²) in [6, 6.07) is 13.1. The molecule has 1 amide bonds. The molecule has 10 heteroatoms. The molecule has 1 aliphatic rings. The standard InChI is InChI=1S/C26H28N6O4/c1-15(2)14-36-26(35)21-8-6-5-7-20(21)25(34)27-13-16(3)23-29-24-22(17(4)30-32(24)31-23)28-18-9-11-19(33)12-10-18/h5-12,15-16,33H,13-14H2,1-4H3,(H,27,34). The average Bonchev–Trinajstić information content (AvgIpc) is 3.40. The van der Waals surface area contributed by atoms with Crippen LogP contribution in [0.2, 0.25) is 0 Å². The highest BCUT2D eigenvalue weighted by Gasteiger charge is 2.27. The van der Waals surface area contributed by atoms with Gasteiger partial charge in [-0.05, 0) is 49.2 Å². The van der Waals surface area contributed by atoms with Crippen molar-refractivity contribution in [2.75, 3.05) is 13.2 Å². The molecule has 1 aliphatic heterocycles. The molecule has 1 aromatic heterocycles. The Kier molecular flexibility index (Phi) is 7.23. The minimum Gasteiger partial charge on any atom is -0.508 e. The van der Waals surface area contributed by atoms with E-state index in [1.807, 2.05) is 27.7 Å². The molecule has 2 aromatic carbocycles. The third-order valence-electron chi connectivity index (χ3n) is 5.45. The first-order valence-corrected chi connectivity index (χ1v) is 11.7. The first-order valence-electron chi connectivity index (χ1n) is 11.7. The zero-order chi connectivity index (χ0) is 25.8. The van der Waals surface area contributed by atoms with E-state index in [2.05, 4.69) is 25.5 Å². The van der Waals surface area contributed by atoms with Crippen molar-refractivity contribution in [3.63, 3.8) is 0 Å². The molecule has 2 heterocycles. The Balaban J connectivity index is 1.45. The predicted octanol–water partition coefficient (Wildman–Crippen LogP) is 3.69. The van der Waals surface area contributed by atoms with E-state index in [0.717, 1.165) is 0 Å². The number of nitrogens with zero attached hydrogens (tertiary/aromatic N) is 5. The van der Waals surface area contributed by atoms with Gasteiger partial charge < -0.3 is 15.2 Å². The number of nitrogens with one attached hydrogen (secondary N) is 1. The van der Waals surface area contributed by atoms with Gasteiger partial charge in [0.1, 0.15) is 11.5 Å². The van der Waals surface area contributed by atoms with Crippen molar-refractivity contribution in [1.82, 2.24) is 20.2 Å². The van der Waals surface area contributed by atoms with Gasteiger partial charge in [-0.3, -0.25) is 4.79 Å². The number of hydrogen-bond donors (Lipinski definition) is 2. The first kappa shape index (κ1) is 24.8. The first-order chi connectivity index (χ1) is 17.2. The molecular formula is C26H28N6O4. The number of carbonyl (C=O) groups is 2. The van der Waals surface area contributed by atoms with Gasteiger partial charge in [0.05, 0.1) is 29.1 Å². The van der Waals surface area contributed by atoms with E-state index >= 15 is 0 Å². The molecule has 1 atom stereocenters. The minimum absolute atomic E-state index is 0.159. The maximum absolute atomic E-state index is 12.9. The predicted molar refractivity (Wildman–Crippen MR) is 135 cm³/mol. The molecule has 4 rings (SSSR count). The molecule has 2 N–H and O–H groups in total. The van der Waals surface area contributed by atoms with Crippen molar-refractivity contribution in [1.29, 1.82) is 0 Å². The lowest BCUT2D eigenvalue weighted by molar-refractivity contribution is 0.0455. The van der Waals surface area contributed by atoms with Crippen LogP contribution in [0.3, 0.4) is 0 Å². The highest BCUT2D eigenvalue weighted by atomic mass is 16.5.